The van der Waals surface area contributed by atoms with Crippen LogP contribution in [0.3, 0.4) is 0 Å². The predicted octanol–water partition coefficient (Wildman–Crippen LogP) is 2.78. The maximum absolute atomic E-state index is 13.0. The van der Waals surface area contributed by atoms with Crippen molar-refractivity contribution in [3.8, 4) is 0 Å². The molecule has 0 unspecified atom stereocenters. The summed E-state index contributed by atoms with van der Waals surface area (Å²) in [5.74, 6) is 0. The van der Waals surface area contributed by atoms with Crippen molar-refractivity contribution in [3.63, 3.8) is 0 Å². The fraction of sp³-hybridized carbons (Fsp3) is 0.923. The van der Waals surface area contributed by atoms with E-state index in [9.17, 15) is 18.0 Å². The number of nitrogens with zero attached hydrogens (tertiary/aromatic N) is 1. The third-order valence-corrected chi connectivity index (χ3v) is 3.14. The van der Waals surface area contributed by atoms with E-state index in [-0.39, 0.29) is 12.5 Å². The van der Waals surface area contributed by atoms with E-state index in [1.807, 2.05) is 0 Å². The number of carbonyl (C=O) groups is 1. The van der Waals surface area contributed by atoms with Gasteiger partial charge in [-0.1, -0.05) is 20.8 Å². The van der Waals surface area contributed by atoms with E-state index >= 15 is 0 Å². The number of amides is 2. The fourth-order valence-corrected chi connectivity index (χ4v) is 2.12. The summed E-state index contributed by atoms with van der Waals surface area (Å²) in [5, 5.41) is 2.12. The molecule has 4 nitrogen and oxygen atoms in total. The molecule has 2 atom stereocenters. The Morgan fingerprint density at radius 1 is 1.40 bits per heavy atom. The van der Waals surface area contributed by atoms with Gasteiger partial charge in [0.25, 0.3) is 0 Å². The zero-order chi connectivity index (χ0) is 15.6. The highest BCUT2D eigenvalue weighted by Crippen LogP contribution is 2.30. The summed E-state index contributed by atoms with van der Waals surface area (Å²) < 4.78 is 44.2. The largest absolute Gasteiger partial charge is 0.408 e. The van der Waals surface area contributed by atoms with Gasteiger partial charge < -0.3 is 15.0 Å². The average molecular weight is 296 g/mol. The molecule has 0 saturated carbocycles. The average Bonchev–Trinajstić information content (AvgIpc) is 2.25. The van der Waals surface area contributed by atoms with Gasteiger partial charge in [0, 0.05) is 6.54 Å². The summed E-state index contributed by atoms with van der Waals surface area (Å²) >= 11 is 0. The first-order chi connectivity index (χ1) is 9.00. The summed E-state index contributed by atoms with van der Waals surface area (Å²) in [6.45, 7) is 7.93. The van der Waals surface area contributed by atoms with E-state index in [1.54, 1.807) is 27.7 Å². The second kappa shape index (κ2) is 6.20. The Morgan fingerprint density at radius 3 is 2.45 bits per heavy atom. The van der Waals surface area contributed by atoms with Gasteiger partial charge in [-0.2, -0.15) is 13.2 Å². The van der Waals surface area contributed by atoms with Crippen molar-refractivity contribution in [1.29, 1.82) is 0 Å². The molecule has 0 bridgehead atoms. The summed E-state index contributed by atoms with van der Waals surface area (Å²) in [7, 11) is 0. The van der Waals surface area contributed by atoms with E-state index in [1.165, 1.54) is 4.90 Å². The number of hydrogen-bond acceptors (Lipinski definition) is 2. The number of morpholine rings is 1. The van der Waals surface area contributed by atoms with Crippen LogP contribution in [0.2, 0.25) is 0 Å². The third kappa shape index (κ3) is 5.19. The minimum absolute atomic E-state index is 0.152. The Morgan fingerprint density at radius 2 is 2.00 bits per heavy atom. The van der Waals surface area contributed by atoms with Gasteiger partial charge in [-0.15, -0.1) is 0 Å². The fourth-order valence-electron chi connectivity index (χ4n) is 2.12. The van der Waals surface area contributed by atoms with Crippen LogP contribution in [0.4, 0.5) is 18.0 Å². The van der Waals surface area contributed by atoms with Crippen LogP contribution < -0.4 is 5.32 Å². The molecule has 1 rings (SSSR count). The van der Waals surface area contributed by atoms with Crippen LogP contribution in [0, 0.1) is 5.41 Å². The molecule has 20 heavy (non-hydrogen) atoms. The lowest BCUT2D eigenvalue weighted by Gasteiger charge is -2.36. The summed E-state index contributed by atoms with van der Waals surface area (Å²) in [4.78, 5) is 13.4. The van der Waals surface area contributed by atoms with E-state index in [4.69, 9.17) is 4.74 Å². The molecule has 1 N–H and O–H groups in total. The molecule has 1 aliphatic heterocycles. The van der Waals surface area contributed by atoms with Gasteiger partial charge in [-0.3, -0.25) is 0 Å². The van der Waals surface area contributed by atoms with Crippen molar-refractivity contribution in [2.45, 2.75) is 52.4 Å². The molecular formula is C13H23F3N2O2. The van der Waals surface area contributed by atoms with Crippen LogP contribution in [0.5, 0.6) is 0 Å². The number of alkyl halides is 3. The van der Waals surface area contributed by atoms with Crippen LogP contribution in [0.1, 0.15) is 34.1 Å². The Bertz CT molecular complexity index is 339. The molecule has 1 aliphatic rings. The lowest BCUT2D eigenvalue weighted by molar-refractivity contribution is -0.160. The van der Waals surface area contributed by atoms with Gasteiger partial charge in [0.2, 0.25) is 0 Å². The first kappa shape index (κ1) is 17.1. The van der Waals surface area contributed by atoms with E-state index in [0.29, 0.717) is 19.8 Å². The Balaban J connectivity index is 2.71. The molecule has 1 fully saturated rings. The van der Waals surface area contributed by atoms with Gasteiger partial charge in [-0.25, -0.2) is 4.79 Å². The van der Waals surface area contributed by atoms with Gasteiger partial charge in [0.15, 0.2) is 0 Å². The Hall–Kier alpha value is -0.980. The number of carbonyl (C=O) groups excluding carboxylic acids is 1. The molecule has 0 aromatic carbocycles. The number of ether oxygens (including phenoxy) is 1. The van der Waals surface area contributed by atoms with Gasteiger partial charge >= 0.3 is 12.2 Å². The second-order valence-electron chi connectivity index (χ2n) is 6.43. The second-order valence-corrected chi connectivity index (χ2v) is 6.43. The highest BCUT2D eigenvalue weighted by molar-refractivity contribution is 5.75. The zero-order valence-electron chi connectivity index (χ0n) is 12.4. The number of hydrogen-bond donors (Lipinski definition) is 1. The van der Waals surface area contributed by atoms with Gasteiger partial charge in [0.05, 0.1) is 19.3 Å². The molecule has 0 radical (unpaired) electrons. The molecular weight excluding hydrogens is 273 g/mol. The van der Waals surface area contributed by atoms with Gasteiger partial charge in [-0.05, 0) is 18.8 Å². The van der Waals surface area contributed by atoms with Crippen LogP contribution in [0.25, 0.3) is 0 Å². The van der Waals surface area contributed by atoms with Crippen LogP contribution in [-0.2, 0) is 4.74 Å². The van der Waals surface area contributed by atoms with Gasteiger partial charge in [0.1, 0.15) is 6.04 Å². The van der Waals surface area contributed by atoms with Crippen molar-refractivity contribution >= 4 is 6.03 Å². The molecule has 1 saturated heterocycles. The first-order valence-electron chi connectivity index (χ1n) is 6.72. The molecule has 118 valence electrons. The third-order valence-electron chi connectivity index (χ3n) is 3.14. The SMILES string of the molecule is C[C@H]1COCCN1C(=O)N[C@H](CC(C)(C)C)C(F)(F)F. The van der Waals surface area contributed by atoms with Crippen LogP contribution in [0.15, 0.2) is 0 Å². The number of nitrogens with one attached hydrogen (secondary N) is 1. The summed E-state index contributed by atoms with van der Waals surface area (Å²) in [6, 6.07) is -2.72. The monoisotopic (exact) mass is 296 g/mol. The van der Waals surface area contributed by atoms with E-state index in [0.717, 1.165) is 0 Å². The predicted molar refractivity (Wildman–Crippen MR) is 69.4 cm³/mol. The topological polar surface area (TPSA) is 41.6 Å². The summed E-state index contributed by atoms with van der Waals surface area (Å²) in [6.07, 6.45) is -4.60. The minimum atomic E-state index is -4.45. The number of halogens is 3. The van der Waals surface area contributed by atoms with Crippen LogP contribution >= 0.6 is 0 Å². The summed E-state index contributed by atoms with van der Waals surface area (Å²) in [5.41, 5.74) is -0.524. The normalized spacial score (nSPS) is 22.6. The van der Waals surface area contributed by atoms with Crippen molar-refractivity contribution in [3.05, 3.63) is 0 Å². The maximum Gasteiger partial charge on any atom is 0.408 e. The number of urea groups is 1. The van der Waals surface area contributed by atoms with Crippen molar-refractivity contribution in [2.75, 3.05) is 19.8 Å². The highest BCUT2D eigenvalue weighted by Gasteiger charge is 2.43. The molecule has 1 heterocycles. The molecule has 0 spiro atoms. The number of rotatable bonds is 2. The molecule has 0 aromatic rings. The Labute approximate surface area is 117 Å². The van der Waals surface area contributed by atoms with Crippen LogP contribution in [-0.4, -0.2) is 48.9 Å². The standard InChI is InChI=1S/C13H23F3N2O2/c1-9-8-20-6-5-18(9)11(19)17-10(13(14,15)16)7-12(2,3)4/h9-10H,5-8H2,1-4H3,(H,17,19)/t9-,10+/m0/s1. The minimum Gasteiger partial charge on any atom is -0.377 e. The first-order valence-corrected chi connectivity index (χ1v) is 6.72. The van der Waals surface area contributed by atoms with Crippen molar-refractivity contribution < 1.29 is 22.7 Å². The quantitative estimate of drug-likeness (QED) is 0.851. The Kier molecular flexibility index (Phi) is 5.29. The lowest BCUT2D eigenvalue weighted by atomic mass is 9.88. The van der Waals surface area contributed by atoms with Crippen molar-refractivity contribution in [1.82, 2.24) is 10.2 Å². The van der Waals surface area contributed by atoms with Crippen molar-refractivity contribution in [2.24, 2.45) is 5.41 Å². The molecule has 7 heteroatoms. The maximum atomic E-state index is 13.0. The molecule has 0 aliphatic carbocycles. The van der Waals surface area contributed by atoms with E-state index in [2.05, 4.69) is 5.32 Å². The molecule has 2 amide bonds. The lowest BCUT2D eigenvalue weighted by Crippen LogP contribution is -2.56. The highest BCUT2D eigenvalue weighted by atomic mass is 19.4. The smallest absolute Gasteiger partial charge is 0.377 e. The zero-order valence-corrected chi connectivity index (χ0v) is 12.4. The van der Waals surface area contributed by atoms with E-state index < -0.39 is 23.7 Å². The molecule has 0 aromatic heterocycles.